The molecule has 0 aliphatic carbocycles. The predicted molar refractivity (Wildman–Crippen MR) is 69.6 cm³/mol. The Morgan fingerprint density at radius 2 is 2.38 bits per heavy atom. The third-order valence-electron chi connectivity index (χ3n) is 3.20. The second-order valence-electron chi connectivity index (χ2n) is 4.66. The average molecular weight is 284 g/mol. The molecule has 88 valence electrons. The van der Waals surface area contributed by atoms with Crippen molar-refractivity contribution in [1.29, 1.82) is 0 Å². The summed E-state index contributed by atoms with van der Waals surface area (Å²) in [4.78, 5) is 2.34. The number of aliphatic hydroxyl groups excluding tert-OH is 1. The molecule has 2 nitrogen and oxygen atoms in total. The minimum Gasteiger partial charge on any atom is -0.392 e. The molecular formula is C13H18BrNO. The summed E-state index contributed by atoms with van der Waals surface area (Å²) in [6.45, 7) is 5.14. The van der Waals surface area contributed by atoms with Gasteiger partial charge in [0, 0.05) is 24.1 Å². The third kappa shape index (κ3) is 3.06. The van der Waals surface area contributed by atoms with Crippen molar-refractivity contribution in [3.8, 4) is 0 Å². The van der Waals surface area contributed by atoms with Crippen LogP contribution in [0.25, 0.3) is 0 Å². The van der Waals surface area contributed by atoms with Gasteiger partial charge in [-0.05, 0) is 30.0 Å². The lowest BCUT2D eigenvalue weighted by Gasteiger charge is -2.20. The molecule has 2 rings (SSSR count). The second-order valence-corrected chi connectivity index (χ2v) is 5.57. The standard InChI is InChI=1S/C13H18BrNO/c1-10(8-15-6-5-13(16)9-15)11-3-2-4-12(14)7-11/h2-4,7,10,13,16H,5-6,8-9H2,1H3/t10?,13-/m0/s1. The number of benzene rings is 1. The molecule has 16 heavy (non-hydrogen) atoms. The highest BCUT2D eigenvalue weighted by Gasteiger charge is 2.21. The van der Waals surface area contributed by atoms with Gasteiger partial charge >= 0.3 is 0 Å². The van der Waals surface area contributed by atoms with E-state index in [9.17, 15) is 5.11 Å². The minimum atomic E-state index is -0.116. The first-order valence-electron chi connectivity index (χ1n) is 5.81. The normalized spacial score (nSPS) is 23.6. The quantitative estimate of drug-likeness (QED) is 0.922. The molecule has 1 N–H and O–H groups in total. The largest absolute Gasteiger partial charge is 0.392 e. The number of halogens is 1. The van der Waals surface area contributed by atoms with Crippen molar-refractivity contribution in [3.05, 3.63) is 34.3 Å². The van der Waals surface area contributed by atoms with Crippen LogP contribution >= 0.6 is 15.9 Å². The number of aliphatic hydroxyl groups is 1. The Bertz CT molecular complexity index is 356. The summed E-state index contributed by atoms with van der Waals surface area (Å²) in [5.41, 5.74) is 1.36. The smallest absolute Gasteiger partial charge is 0.0679 e. The van der Waals surface area contributed by atoms with E-state index in [2.05, 4.69) is 52.0 Å². The molecule has 1 heterocycles. The van der Waals surface area contributed by atoms with Crippen molar-refractivity contribution in [2.45, 2.75) is 25.4 Å². The zero-order valence-electron chi connectivity index (χ0n) is 9.56. The Morgan fingerprint density at radius 3 is 3.00 bits per heavy atom. The zero-order valence-corrected chi connectivity index (χ0v) is 11.2. The molecule has 1 aromatic rings. The van der Waals surface area contributed by atoms with Crippen molar-refractivity contribution in [2.24, 2.45) is 0 Å². The lowest BCUT2D eigenvalue weighted by atomic mass is 10.0. The van der Waals surface area contributed by atoms with Crippen LogP contribution in [0.15, 0.2) is 28.7 Å². The SMILES string of the molecule is CC(CN1CC[C@H](O)C1)c1cccc(Br)c1. The fourth-order valence-electron chi connectivity index (χ4n) is 2.28. The Hall–Kier alpha value is -0.380. The van der Waals surface area contributed by atoms with Crippen LogP contribution in [0.1, 0.15) is 24.8 Å². The van der Waals surface area contributed by atoms with Gasteiger partial charge < -0.3 is 10.0 Å². The van der Waals surface area contributed by atoms with E-state index >= 15 is 0 Å². The summed E-state index contributed by atoms with van der Waals surface area (Å²) in [5.74, 6) is 0.516. The lowest BCUT2D eigenvalue weighted by molar-refractivity contribution is 0.175. The van der Waals surface area contributed by atoms with Gasteiger partial charge in [0.15, 0.2) is 0 Å². The molecule has 0 aromatic heterocycles. The average Bonchev–Trinajstić information content (AvgIpc) is 2.64. The molecule has 1 fully saturated rings. The predicted octanol–water partition coefficient (Wildman–Crippen LogP) is 2.62. The van der Waals surface area contributed by atoms with Crippen LogP contribution in [-0.2, 0) is 0 Å². The Balaban J connectivity index is 1.95. The fourth-order valence-corrected chi connectivity index (χ4v) is 2.70. The summed E-state index contributed by atoms with van der Waals surface area (Å²) < 4.78 is 1.14. The molecule has 2 atom stereocenters. The van der Waals surface area contributed by atoms with Gasteiger partial charge in [0.1, 0.15) is 0 Å². The van der Waals surface area contributed by atoms with Gasteiger partial charge in [0.05, 0.1) is 6.10 Å². The van der Waals surface area contributed by atoms with E-state index in [4.69, 9.17) is 0 Å². The van der Waals surface area contributed by atoms with Crippen LogP contribution in [-0.4, -0.2) is 35.7 Å². The van der Waals surface area contributed by atoms with E-state index in [0.717, 1.165) is 30.5 Å². The van der Waals surface area contributed by atoms with Gasteiger partial charge in [-0.2, -0.15) is 0 Å². The van der Waals surface area contributed by atoms with Crippen molar-refractivity contribution < 1.29 is 5.11 Å². The van der Waals surface area contributed by atoms with Gasteiger partial charge in [-0.3, -0.25) is 0 Å². The molecule has 1 unspecified atom stereocenters. The van der Waals surface area contributed by atoms with Gasteiger partial charge in [0.25, 0.3) is 0 Å². The molecule has 1 aliphatic rings. The number of rotatable bonds is 3. The van der Waals surface area contributed by atoms with E-state index in [1.807, 2.05) is 0 Å². The molecule has 0 amide bonds. The van der Waals surface area contributed by atoms with Crippen molar-refractivity contribution in [3.63, 3.8) is 0 Å². The van der Waals surface area contributed by atoms with Crippen LogP contribution in [0, 0.1) is 0 Å². The molecule has 1 aliphatic heterocycles. The maximum Gasteiger partial charge on any atom is 0.0679 e. The van der Waals surface area contributed by atoms with E-state index in [0.29, 0.717) is 5.92 Å². The first kappa shape index (κ1) is 12.1. The topological polar surface area (TPSA) is 23.5 Å². The highest BCUT2D eigenvalue weighted by molar-refractivity contribution is 9.10. The van der Waals surface area contributed by atoms with Crippen molar-refractivity contribution in [1.82, 2.24) is 4.90 Å². The molecule has 0 spiro atoms. The number of nitrogens with zero attached hydrogens (tertiary/aromatic N) is 1. The highest BCUT2D eigenvalue weighted by atomic mass is 79.9. The Kier molecular flexibility index (Phi) is 4.00. The van der Waals surface area contributed by atoms with E-state index in [-0.39, 0.29) is 6.10 Å². The summed E-state index contributed by atoms with van der Waals surface area (Å²) in [7, 11) is 0. The van der Waals surface area contributed by atoms with Crippen LogP contribution in [0.2, 0.25) is 0 Å². The van der Waals surface area contributed by atoms with Crippen LogP contribution < -0.4 is 0 Å². The minimum absolute atomic E-state index is 0.116. The van der Waals surface area contributed by atoms with Crippen molar-refractivity contribution in [2.75, 3.05) is 19.6 Å². The molecule has 1 saturated heterocycles. The van der Waals surface area contributed by atoms with Gasteiger partial charge in [-0.1, -0.05) is 35.0 Å². The molecule has 0 radical (unpaired) electrons. The molecule has 1 aromatic carbocycles. The van der Waals surface area contributed by atoms with Gasteiger partial charge in [0.2, 0.25) is 0 Å². The van der Waals surface area contributed by atoms with Crippen LogP contribution in [0.4, 0.5) is 0 Å². The fraction of sp³-hybridized carbons (Fsp3) is 0.538. The van der Waals surface area contributed by atoms with E-state index < -0.39 is 0 Å². The van der Waals surface area contributed by atoms with Crippen LogP contribution in [0.5, 0.6) is 0 Å². The summed E-state index contributed by atoms with van der Waals surface area (Å²) in [6, 6.07) is 8.48. The number of hydrogen-bond donors (Lipinski definition) is 1. The monoisotopic (exact) mass is 283 g/mol. The second kappa shape index (κ2) is 5.30. The summed E-state index contributed by atoms with van der Waals surface area (Å²) in [5, 5.41) is 9.48. The highest BCUT2D eigenvalue weighted by Crippen LogP contribution is 2.22. The first-order valence-corrected chi connectivity index (χ1v) is 6.60. The van der Waals surface area contributed by atoms with E-state index in [1.54, 1.807) is 0 Å². The maximum absolute atomic E-state index is 9.48. The number of hydrogen-bond acceptors (Lipinski definition) is 2. The molecule has 0 bridgehead atoms. The van der Waals surface area contributed by atoms with Crippen LogP contribution in [0.3, 0.4) is 0 Å². The lowest BCUT2D eigenvalue weighted by Crippen LogP contribution is -2.26. The molecule has 3 heteroatoms. The number of β-amino-alcohol motifs (C(OH)–C–C–N with tert-alkyl or cyclic N) is 1. The van der Waals surface area contributed by atoms with E-state index in [1.165, 1.54) is 5.56 Å². The number of likely N-dealkylation sites (tertiary alicyclic amines) is 1. The summed E-state index contributed by atoms with van der Waals surface area (Å²) in [6.07, 6.45) is 0.806. The molecular weight excluding hydrogens is 266 g/mol. The Morgan fingerprint density at radius 1 is 1.56 bits per heavy atom. The zero-order chi connectivity index (χ0) is 11.5. The Labute approximate surface area is 105 Å². The maximum atomic E-state index is 9.48. The van der Waals surface area contributed by atoms with Gasteiger partial charge in [-0.15, -0.1) is 0 Å². The molecule has 0 saturated carbocycles. The summed E-state index contributed by atoms with van der Waals surface area (Å²) >= 11 is 3.50. The van der Waals surface area contributed by atoms with Crippen molar-refractivity contribution >= 4 is 15.9 Å². The first-order chi connectivity index (χ1) is 7.65. The third-order valence-corrected chi connectivity index (χ3v) is 3.69. The van der Waals surface area contributed by atoms with Gasteiger partial charge in [-0.25, -0.2) is 0 Å².